The number of hydrogen-bond acceptors (Lipinski definition) is 5. The molecular weight excluding hydrogens is 701 g/mol. The number of carbonyl (C=O) groups is 2. The molecule has 3 N–H and O–H groups in total. The molecule has 7 aliphatic carbocycles. The lowest BCUT2D eigenvalue weighted by Gasteiger charge is -2.58. The number of rotatable bonds is 8. The number of amides is 2. The number of aliphatic hydroxyl groups excluding tert-OH is 1. The van der Waals surface area contributed by atoms with Gasteiger partial charge in [-0.05, 0) is 168 Å². The summed E-state index contributed by atoms with van der Waals surface area (Å²) in [6, 6.07) is 20.1. The minimum absolute atomic E-state index is 0.0165. The fourth-order valence-corrected chi connectivity index (χ4v) is 13.2. The van der Waals surface area contributed by atoms with Gasteiger partial charge in [-0.3, -0.25) is 4.79 Å². The Morgan fingerprint density at radius 1 is 0.927 bits per heavy atom. The average Bonchev–Trinajstić information content (AvgIpc) is 3.69. The van der Waals surface area contributed by atoms with Gasteiger partial charge in [-0.25, -0.2) is 4.79 Å². The normalized spacial score (nSPS) is 33.4. The molecule has 5 atom stereocenters. The molecule has 5 saturated carbocycles. The topological polar surface area (TPSA) is 89.9 Å². The van der Waals surface area contributed by atoms with Crippen LogP contribution >= 0.6 is 11.3 Å². The van der Waals surface area contributed by atoms with E-state index < -0.39 is 17.1 Å². The number of allylic oxidation sites excluding steroid dienone is 2. The predicted molar refractivity (Wildman–Crippen MR) is 221 cm³/mol. The molecule has 5 unspecified atom stereocenters. The Balaban J connectivity index is 1.17. The summed E-state index contributed by atoms with van der Waals surface area (Å²) in [5.74, 6) is 2.22. The second-order valence-electron chi connectivity index (χ2n) is 19.0. The Hall–Kier alpha value is -3.26. The van der Waals surface area contributed by atoms with Crippen LogP contribution in [0.1, 0.15) is 147 Å². The van der Waals surface area contributed by atoms with Gasteiger partial charge in [0.1, 0.15) is 0 Å². The minimum atomic E-state index is -1.17. The van der Waals surface area contributed by atoms with Gasteiger partial charge in [0, 0.05) is 22.4 Å². The van der Waals surface area contributed by atoms with Gasteiger partial charge in [0.05, 0.1) is 29.2 Å². The van der Waals surface area contributed by atoms with Crippen molar-refractivity contribution in [3.8, 4) is 0 Å². The molecule has 6 nitrogen and oxygen atoms in total. The van der Waals surface area contributed by atoms with Gasteiger partial charge >= 0.3 is 6.03 Å². The second kappa shape index (κ2) is 15.2. The highest BCUT2D eigenvalue weighted by Gasteiger charge is 2.59. The van der Waals surface area contributed by atoms with Crippen LogP contribution in [0.5, 0.6) is 0 Å². The fraction of sp³-hybridized carbons (Fsp3) is 0.583. The van der Waals surface area contributed by atoms with E-state index in [1.807, 2.05) is 48.2 Å². The smallest absolute Gasteiger partial charge is 0.317 e. The number of nitrogens with zero attached hydrogens (tertiary/aromatic N) is 1. The molecule has 294 valence electrons. The Bertz CT molecular complexity index is 1880. The summed E-state index contributed by atoms with van der Waals surface area (Å²) < 4.78 is 0. The van der Waals surface area contributed by atoms with Crippen molar-refractivity contribution in [1.29, 1.82) is 0 Å². The minimum Gasteiger partial charge on any atom is -0.393 e. The molecule has 2 aromatic carbocycles. The molecule has 0 spiro atoms. The van der Waals surface area contributed by atoms with E-state index in [0.717, 1.165) is 69.9 Å². The third-order valence-electron chi connectivity index (χ3n) is 15.0. The highest BCUT2D eigenvalue weighted by Crippen LogP contribution is 2.62. The van der Waals surface area contributed by atoms with Gasteiger partial charge in [-0.1, -0.05) is 61.0 Å². The molecule has 0 radical (unpaired) electrons. The summed E-state index contributed by atoms with van der Waals surface area (Å²) in [5.41, 5.74) is 3.30. The van der Waals surface area contributed by atoms with Crippen LogP contribution in [0.25, 0.3) is 0 Å². The summed E-state index contributed by atoms with van der Waals surface area (Å²) >= 11 is 1.52. The lowest BCUT2D eigenvalue weighted by molar-refractivity contribution is -0.0985. The van der Waals surface area contributed by atoms with Gasteiger partial charge in [-0.15, -0.1) is 11.3 Å². The van der Waals surface area contributed by atoms with Crippen LogP contribution in [0.2, 0.25) is 0 Å². The first-order valence-electron chi connectivity index (χ1n) is 21.2. The van der Waals surface area contributed by atoms with Crippen molar-refractivity contribution in [2.75, 3.05) is 13.1 Å². The summed E-state index contributed by atoms with van der Waals surface area (Å²) in [7, 11) is 0. The van der Waals surface area contributed by atoms with Crippen molar-refractivity contribution < 1.29 is 19.8 Å². The monoisotopic (exact) mass is 762 g/mol. The van der Waals surface area contributed by atoms with Crippen LogP contribution in [0.15, 0.2) is 72.3 Å². The predicted octanol–water partition coefficient (Wildman–Crippen LogP) is 10.3. The molecule has 0 aliphatic heterocycles. The van der Waals surface area contributed by atoms with E-state index in [1.54, 1.807) is 0 Å². The quantitative estimate of drug-likeness (QED) is 0.157. The third-order valence-corrected chi connectivity index (χ3v) is 16.0. The molecule has 6 bridgehead atoms. The van der Waals surface area contributed by atoms with E-state index in [-0.39, 0.29) is 35.7 Å². The summed E-state index contributed by atoms with van der Waals surface area (Å²) in [6.45, 7) is 9.44. The van der Waals surface area contributed by atoms with Gasteiger partial charge < -0.3 is 20.4 Å². The number of nitrogens with one attached hydrogen (secondary N) is 1. The Morgan fingerprint density at radius 3 is 2.31 bits per heavy atom. The number of urea groups is 1. The lowest BCUT2D eigenvalue weighted by Crippen LogP contribution is -2.59. The Kier molecular flexibility index (Phi) is 10.7. The van der Waals surface area contributed by atoms with Gasteiger partial charge in [0.25, 0.3) is 0 Å². The van der Waals surface area contributed by atoms with Gasteiger partial charge in [0.15, 0.2) is 0 Å². The molecular formula is C48H62N2O4S. The molecule has 5 fully saturated rings. The summed E-state index contributed by atoms with van der Waals surface area (Å²) in [4.78, 5) is 33.0. The number of aryl methyl sites for hydroxylation is 1. The molecule has 2 amide bonds. The van der Waals surface area contributed by atoms with E-state index in [2.05, 4.69) is 56.4 Å². The fourth-order valence-electron chi connectivity index (χ4n) is 12.4. The standard InChI is InChI=1S/C48H62N2O4S/c1-31-9-8-19-46(4)42(40-16-14-34(24-39(51)15-12-31)25-41(40)44(52)43-17-13-32(2)55-43)18-20-48(46,54)30-50(45(53)49-33(3)38-10-6-5-7-11-38)29-47-26-35-21-36(27-47)23-37(22-35)28-47/h5-7,9-11,13-14,16-17,25,33,35-37,39,42,51,54H,8,12,15,18-24,26-30H2,1-4H3,(H,49,53). The molecule has 0 saturated heterocycles. The Morgan fingerprint density at radius 2 is 1.64 bits per heavy atom. The molecule has 7 aliphatic rings. The maximum atomic E-state index is 14.7. The number of aliphatic hydroxyl groups is 2. The van der Waals surface area contributed by atoms with Crippen molar-refractivity contribution in [1.82, 2.24) is 10.2 Å². The maximum Gasteiger partial charge on any atom is 0.317 e. The largest absolute Gasteiger partial charge is 0.393 e. The zero-order chi connectivity index (χ0) is 38.5. The van der Waals surface area contributed by atoms with Gasteiger partial charge in [0.2, 0.25) is 5.78 Å². The molecule has 55 heavy (non-hydrogen) atoms. The zero-order valence-corrected chi connectivity index (χ0v) is 34.3. The van der Waals surface area contributed by atoms with Gasteiger partial charge in [-0.2, -0.15) is 0 Å². The molecule has 10 rings (SSSR count). The van der Waals surface area contributed by atoms with Crippen LogP contribution in [-0.2, 0) is 6.42 Å². The lowest BCUT2D eigenvalue weighted by atomic mass is 9.49. The number of hydrogen-bond donors (Lipinski definition) is 3. The van der Waals surface area contributed by atoms with Crippen molar-refractivity contribution in [3.63, 3.8) is 0 Å². The highest BCUT2D eigenvalue weighted by atomic mass is 32.1. The van der Waals surface area contributed by atoms with Crippen LogP contribution in [0.3, 0.4) is 0 Å². The van der Waals surface area contributed by atoms with Crippen molar-refractivity contribution in [2.45, 2.75) is 135 Å². The highest BCUT2D eigenvalue weighted by molar-refractivity contribution is 7.14. The van der Waals surface area contributed by atoms with Crippen LogP contribution in [0.4, 0.5) is 4.79 Å². The number of ketones is 1. The number of carbonyl (C=O) groups excluding carboxylic acids is 2. The van der Waals surface area contributed by atoms with E-state index in [9.17, 15) is 19.8 Å². The zero-order valence-electron chi connectivity index (χ0n) is 33.5. The summed E-state index contributed by atoms with van der Waals surface area (Å²) in [6.07, 6.45) is 14.2. The first kappa shape index (κ1) is 38.6. The summed E-state index contributed by atoms with van der Waals surface area (Å²) in [5, 5.41) is 27.8. The van der Waals surface area contributed by atoms with E-state index in [4.69, 9.17) is 0 Å². The SMILES string of the molecule is CC1=CCCC2(C)C(CCC2(O)CN(CC23CC4CC(CC(C4)C2)C3)C(=O)NC(C)c2ccccc2)c2ccc(cc2C(=O)c2ccc(C)s2)CC(O)CC1. The van der Waals surface area contributed by atoms with Crippen molar-refractivity contribution in [3.05, 3.63) is 104 Å². The van der Waals surface area contributed by atoms with E-state index in [0.29, 0.717) is 31.4 Å². The van der Waals surface area contributed by atoms with Crippen LogP contribution < -0.4 is 5.32 Å². The third kappa shape index (κ3) is 7.75. The first-order valence-corrected chi connectivity index (χ1v) is 22.0. The first-order chi connectivity index (χ1) is 26.3. The molecule has 1 heterocycles. The van der Waals surface area contributed by atoms with Crippen molar-refractivity contribution >= 4 is 23.2 Å². The maximum absolute atomic E-state index is 14.7. The molecule has 7 heteroatoms. The van der Waals surface area contributed by atoms with E-state index in [1.165, 1.54) is 55.4 Å². The average molecular weight is 763 g/mol. The van der Waals surface area contributed by atoms with Crippen molar-refractivity contribution in [2.24, 2.45) is 28.6 Å². The van der Waals surface area contributed by atoms with Crippen LogP contribution in [-0.4, -0.2) is 51.7 Å². The molecule has 1 aromatic heterocycles. The number of thiophene rings is 1. The van der Waals surface area contributed by atoms with E-state index >= 15 is 0 Å². The number of fused-ring (bicyclic) bond motifs is 8. The second-order valence-corrected chi connectivity index (χ2v) is 20.3. The number of benzene rings is 2. The Labute approximate surface area is 332 Å². The van der Waals surface area contributed by atoms with Crippen LogP contribution in [0, 0.1) is 35.5 Å². The molecule has 3 aromatic rings.